The zero-order chi connectivity index (χ0) is 16.1. The van der Waals surface area contributed by atoms with Gasteiger partial charge >= 0.3 is 0 Å². The molecule has 0 radical (unpaired) electrons. The standard InChI is InChI=1S/C17H14BrN5/c18-16-5-1-15(2-6-16)12-22(23-13-20-9-10-21-23)17-7-3-14(11-19)4-8-17/h1-8,10,13H,9,12H2. The lowest BCUT2D eigenvalue weighted by Gasteiger charge is -2.32. The lowest BCUT2D eigenvalue weighted by atomic mass is 10.2. The van der Waals surface area contributed by atoms with Crippen LogP contribution >= 0.6 is 15.9 Å². The summed E-state index contributed by atoms with van der Waals surface area (Å²) in [5.74, 6) is 0. The summed E-state index contributed by atoms with van der Waals surface area (Å²) in [5.41, 5.74) is 2.72. The lowest BCUT2D eigenvalue weighted by Crippen LogP contribution is -2.39. The van der Waals surface area contributed by atoms with E-state index in [1.54, 1.807) is 29.8 Å². The summed E-state index contributed by atoms with van der Waals surface area (Å²) in [6.45, 7) is 1.23. The second-order valence-corrected chi connectivity index (χ2v) is 5.86. The molecule has 0 fully saturated rings. The highest BCUT2D eigenvalue weighted by atomic mass is 79.9. The summed E-state index contributed by atoms with van der Waals surface area (Å²) in [6, 6.07) is 17.7. The predicted octanol–water partition coefficient (Wildman–Crippen LogP) is 3.57. The molecule has 6 heteroatoms. The number of nitrogens with zero attached hydrogens (tertiary/aromatic N) is 5. The molecule has 1 heterocycles. The summed E-state index contributed by atoms with van der Waals surface area (Å²) < 4.78 is 1.05. The van der Waals surface area contributed by atoms with Crippen LogP contribution in [0, 0.1) is 11.3 Å². The van der Waals surface area contributed by atoms with E-state index in [2.05, 4.69) is 44.2 Å². The third-order valence-corrected chi connectivity index (χ3v) is 3.89. The molecule has 0 amide bonds. The first-order valence-corrected chi connectivity index (χ1v) is 7.89. The summed E-state index contributed by atoms with van der Waals surface area (Å²) in [4.78, 5) is 4.24. The van der Waals surface area contributed by atoms with Crippen LogP contribution in [0.3, 0.4) is 0 Å². The Morgan fingerprint density at radius 1 is 1.13 bits per heavy atom. The van der Waals surface area contributed by atoms with E-state index < -0.39 is 0 Å². The Morgan fingerprint density at radius 2 is 1.87 bits per heavy atom. The van der Waals surface area contributed by atoms with E-state index in [4.69, 9.17) is 5.26 Å². The van der Waals surface area contributed by atoms with Crippen molar-refractivity contribution < 1.29 is 0 Å². The van der Waals surface area contributed by atoms with Crippen LogP contribution in [0.15, 0.2) is 63.1 Å². The fourth-order valence-electron chi connectivity index (χ4n) is 2.19. The molecule has 0 aromatic heterocycles. The van der Waals surface area contributed by atoms with Gasteiger partial charge in [-0.1, -0.05) is 28.1 Å². The van der Waals surface area contributed by atoms with Crippen molar-refractivity contribution in [2.75, 3.05) is 11.6 Å². The number of hydrogen-bond donors (Lipinski definition) is 0. The Balaban J connectivity index is 1.90. The van der Waals surface area contributed by atoms with Gasteiger partial charge in [0.1, 0.15) is 6.34 Å². The van der Waals surface area contributed by atoms with Crippen LogP contribution in [-0.4, -0.2) is 24.2 Å². The zero-order valence-corrected chi connectivity index (χ0v) is 13.9. The maximum absolute atomic E-state index is 8.95. The first kappa shape index (κ1) is 15.3. The molecule has 0 saturated heterocycles. The minimum Gasteiger partial charge on any atom is -0.266 e. The number of nitriles is 1. The number of aliphatic imine (C=N–C) groups is 1. The van der Waals surface area contributed by atoms with Crippen LogP contribution in [0.25, 0.3) is 0 Å². The van der Waals surface area contributed by atoms with Crippen molar-refractivity contribution in [3.8, 4) is 6.07 Å². The monoisotopic (exact) mass is 367 g/mol. The first-order valence-electron chi connectivity index (χ1n) is 7.10. The smallest absolute Gasteiger partial charge is 0.131 e. The number of hydrogen-bond acceptors (Lipinski definition) is 5. The van der Waals surface area contributed by atoms with Crippen molar-refractivity contribution in [1.29, 1.82) is 5.26 Å². The Bertz CT molecular complexity index is 747. The van der Waals surface area contributed by atoms with Crippen LogP contribution in [0.1, 0.15) is 11.1 Å². The summed E-state index contributed by atoms with van der Waals surface area (Å²) in [7, 11) is 0. The van der Waals surface area contributed by atoms with Gasteiger partial charge in [0.25, 0.3) is 0 Å². The number of hydrazine groups is 1. The van der Waals surface area contributed by atoms with Gasteiger partial charge in [0.2, 0.25) is 0 Å². The third-order valence-electron chi connectivity index (χ3n) is 3.36. The maximum atomic E-state index is 8.95. The van der Waals surface area contributed by atoms with Gasteiger partial charge < -0.3 is 0 Å². The molecule has 0 aliphatic carbocycles. The van der Waals surface area contributed by atoms with Gasteiger partial charge in [-0.15, -0.1) is 0 Å². The maximum Gasteiger partial charge on any atom is 0.131 e. The SMILES string of the molecule is N#Cc1ccc(N(Cc2ccc(Br)cc2)N2C=NCC=N2)cc1. The van der Waals surface area contributed by atoms with Gasteiger partial charge in [-0.2, -0.15) is 15.5 Å². The molecule has 3 rings (SSSR count). The summed E-state index contributed by atoms with van der Waals surface area (Å²) in [6.07, 6.45) is 3.47. The molecule has 0 N–H and O–H groups in total. The predicted molar refractivity (Wildman–Crippen MR) is 95.2 cm³/mol. The van der Waals surface area contributed by atoms with Crippen molar-refractivity contribution in [3.63, 3.8) is 0 Å². The van der Waals surface area contributed by atoms with Crippen molar-refractivity contribution in [1.82, 2.24) is 5.12 Å². The van der Waals surface area contributed by atoms with Crippen molar-refractivity contribution >= 4 is 34.2 Å². The molecule has 0 bridgehead atoms. The van der Waals surface area contributed by atoms with Crippen LogP contribution in [0.5, 0.6) is 0 Å². The second kappa shape index (κ2) is 7.07. The van der Waals surface area contributed by atoms with Crippen molar-refractivity contribution in [2.45, 2.75) is 6.54 Å². The molecule has 0 atom stereocenters. The number of benzene rings is 2. The highest BCUT2D eigenvalue weighted by molar-refractivity contribution is 9.10. The van der Waals surface area contributed by atoms with Crippen molar-refractivity contribution in [2.24, 2.45) is 10.1 Å². The van der Waals surface area contributed by atoms with E-state index in [-0.39, 0.29) is 0 Å². The first-order chi connectivity index (χ1) is 11.3. The largest absolute Gasteiger partial charge is 0.266 e. The Morgan fingerprint density at radius 3 is 2.48 bits per heavy atom. The Kier molecular flexibility index (Phi) is 4.69. The van der Waals surface area contributed by atoms with E-state index in [0.29, 0.717) is 18.7 Å². The summed E-state index contributed by atoms with van der Waals surface area (Å²) >= 11 is 3.45. The van der Waals surface area contributed by atoms with E-state index in [1.807, 2.05) is 29.3 Å². The minimum atomic E-state index is 0.593. The molecule has 5 nitrogen and oxygen atoms in total. The van der Waals surface area contributed by atoms with E-state index in [1.165, 1.54) is 0 Å². The van der Waals surface area contributed by atoms with Gasteiger partial charge in [0.15, 0.2) is 0 Å². The molecule has 2 aromatic carbocycles. The molecular weight excluding hydrogens is 354 g/mol. The molecule has 0 spiro atoms. The normalized spacial score (nSPS) is 13.0. The number of halogens is 1. The van der Waals surface area contributed by atoms with Crippen LogP contribution < -0.4 is 5.01 Å². The van der Waals surface area contributed by atoms with Gasteiger partial charge in [-0.05, 0) is 42.0 Å². The minimum absolute atomic E-state index is 0.593. The molecule has 1 aliphatic rings. The fourth-order valence-corrected chi connectivity index (χ4v) is 2.46. The molecule has 114 valence electrons. The van der Waals surface area contributed by atoms with Gasteiger partial charge in [-0.25, -0.2) is 0 Å². The van der Waals surface area contributed by atoms with Crippen LogP contribution in [0.4, 0.5) is 5.69 Å². The van der Waals surface area contributed by atoms with Gasteiger partial charge in [0.05, 0.1) is 30.4 Å². The van der Waals surface area contributed by atoms with Crippen LogP contribution in [0.2, 0.25) is 0 Å². The van der Waals surface area contributed by atoms with E-state index in [0.717, 1.165) is 15.7 Å². The van der Waals surface area contributed by atoms with E-state index in [9.17, 15) is 0 Å². The quantitative estimate of drug-likeness (QED) is 0.829. The molecule has 1 aliphatic heterocycles. The zero-order valence-electron chi connectivity index (χ0n) is 12.3. The Hall–Kier alpha value is -2.65. The molecule has 23 heavy (non-hydrogen) atoms. The Labute approximate surface area is 143 Å². The topological polar surface area (TPSA) is 55.0 Å². The molecule has 2 aromatic rings. The number of rotatable bonds is 4. The van der Waals surface area contributed by atoms with E-state index >= 15 is 0 Å². The number of hydrazone groups is 1. The lowest BCUT2D eigenvalue weighted by molar-refractivity contribution is 0.408. The van der Waals surface area contributed by atoms with Crippen molar-refractivity contribution in [3.05, 3.63) is 64.1 Å². The summed E-state index contributed by atoms with van der Waals surface area (Å²) in [5, 5.41) is 17.0. The average molecular weight is 368 g/mol. The highest BCUT2D eigenvalue weighted by Gasteiger charge is 2.15. The number of anilines is 1. The molecule has 0 saturated carbocycles. The highest BCUT2D eigenvalue weighted by Crippen LogP contribution is 2.21. The molecular formula is C17H14BrN5. The fraction of sp³-hybridized carbons (Fsp3) is 0.118. The second-order valence-electron chi connectivity index (χ2n) is 4.94. The van der Waals surface area contributed by atoms with Gasteiger partial charge in [0, 0.05) is 10.7 Å². The third kappa shape index (κ3) is 3.76. The average Bonchev–Trinajstić information content (AvgIpc) is 2.62. The van der Waals surface area contributed by atoms with Gasteiger partial charge in [-0.3, -0.25) is 10.0 Å². The van der Waals surface area contributed by atoms with Crippen LogP contribution in [-0.2, 0) is 6.54 Å². The molecule has 0 unspecified atom stereocenters.